The second kappa shape index (κ2) is 12.7. The maximum atomic E-state index is 13.7. The van der Waals surface area contributed by atoms with Crippen molar-refractivity contribution in [3.63, 3.8) is 0 Å². The molecule has 0 N–H and O–H groups in total. The molecule has 0 saturated carbocycles. The topological polar surface area (TPSA) is 76.2 Å². The first-order valence-electron chi connectivity index (χ1n) is 12.9. The summed E-state index contributed by atoms with van der Waals surface area (Å²) in [7, 11) is 0. The molecule has 0 radical (unpaired) electrons. The largest absolute Gasteiger partial charge is 0.490 e. The molecule has 4 amide bonds. The quantitative estimate of drug-likeness (QED) is 0.146. The highest BCUT2D eigenvalue weighted by Gasteiger charge is 2.43. The summed E-state index contributed by atoms with van der Waals surface area (Å²) >= 11 is 18.9. The lowest BCUT2D eigenvalue weighted by molar-refractivity contribution is -0.121. The number of imide groups is 2. The van der Waals surface area contributed by atoms with Gasteiger partial charge in [0.15, 0.2) is 11.5 Å². The van der Waals surface area contributed by atoms with Gasteiger partial charge >= 0.3 is 6.03 Å². The lowest BCUT2D eigenvalue weighted by atomic mass is 10.0. The Hall–Kier alpha value is -4.30. The van der Waals surface area contributed by atoms with Gasteiger partial charge in [-0.2, -0.15) is 0 Å². The second-order valence-electron chi connectivity index (χ2n) is 9.08. The van der Waals surface area contributed by atoms with Gasteiger partial charge in [-0.1, -0.05) is 77.3 Å². The summed E-state index contributed by atoms with van der Waals surface area (Å²) < 4.78 is 11.8. The summed E-state index contributed by atoms with van der Waals surface area (Å²) in [5.41, 5.74) is 1.50. The van der Waals surface area contributed by atoms with E-state index in [2.05, 4.69) is 0 Å². The third-order valence-electron chi connectivity index (χ3n) is 6.31. The number of benzene rings is 4. The summed E-state index contributed by atoms with van der Waals surface area (Å²) in [6.45, 7) is 2.19. The zero-order chi connectivity index (χ0) is 29.8. The van der Waals surface area contributed by atoms with Crippen LogP contribution in [0, 0.1) is 0 Å². The fourth-order valence-corrected chi connectivity index (χ4v) is 5.11. The Morgan fingerprint density at radius 3 is 1.86 bits per heavy atom. The van der Waals surface area contributed by atoms with Gasteiger partial charge in [-0.25, -0.2) is 14.6 Å². The average molecular weight is 622 g/mol. The van der Waals surface area contributed by atoms with Crippen LogP contribution in [0.4, 0.5) is 16.2 Å². The Morgan fingerprint density at radius 2 is 1.31 bits per heavy atom. The zero-order valence-corrected chi connectivity index (χ0v) is 24.5. The van der Waals surface area contributed by atoms with Crippen LogP contribution in [0.25, 0.3) is 6.08 Å². The van der Waals surface area contributed by atoms with E-state index in [9.17, 15) is 14.4 Å². The van der Waals surface area contributed by atoms with Gasteiger partial charge in [0.2, 0.25) is 0 Å². The number of halogens is 3. The van der Waals surface area contributed by atoms with Crippen molar-refractivity contribution >= 4 is 70.1 Å². The molecule has 1 heterocycles. The lowest BCUT2D eigenvalue weighted by Gasteiger charge is -2.34. The van der Waals surface area contributed by atoms with Crippen molar-refractivity contribution in [2.45, 2.75) is 13.5 Å². The third-order valence-corrected chi connectivity index (χ3v) is 7.18. The van der Waals surface area contributed by atoms with E-state index < -0.39 is 17.8 Å². The molecule has 0 spiro atoms. The first-order valence-corrected chi connectivity index (χ1v) is 14.0. The predicted molar refractivity (Wildman–Crippen MR) is 165 cm³/mol. The summed E-state index contributed by atoms with van der Waals surface area (Å²) in [5.74, 6) is -0.973. The third kappa shape index (κ3) is 5.99. The number of nitrogens with zero attached hydrogens (tertiary/aromatic N) is 2. The summed E-state index contributed by atoms with van der Waals surface area (Å²) in [6, 6.07) is 24.3. The average Bonchev–Trinajstić information content (AvgIpc) is 2.97. The number of ether oxygens (including phenoxy) is 2. The SMILES string of the molecule is CCOc1cc(C=C2C(=O)N(c3ccccc3)C(=O)N(c3ccccc3)C2=O)cc(Cl)c1OCc1ccc(Cl)cc1Cl. The van der Waals surface area contributed by atoms with Crippen molar-refractivity contribution in [2.24, 2.45) is 0 Å². The molecule has 5 rings (SSSR count). The number of carbonyl (C=O) groups excluding carboxylic acids is 3. The van der Waals surface area contributed by atoms with Crippen LogP contribution in [0.1, 0.15) is 18.1 Å². The van der Waals surface area contributed by atoms with E-state index in [-0.39, 0.29) is 23.0 Å². The number of hydrogen-bond donors (Lipinski definition) is 0. The molecule has 0 atom stereocenters. The summed E-state index contributed by atoms with van der Waals surface area (Å²) in [5, 5.41) is 1.12. The number of urea groups is 1. The molecule has 1 fully saturated rings. The zero-order valence-electron chi connectivity index (χ0n) is 22.2. The normalized spacial score (nSPS) is 13.4. The Balaban J connectivity index is 1.55. The van der Waals surface area contributed by atoms with Crippen molar-refractivity contribution in [3.8, 4) is 11.5 Å². The van der Waals surface area contributed by atoms with Crippen LogP contribution in [0.2, 0.25) is 15.1 Å². The van der Waals surface area contributed by atoms with Gasteiger partial charge in [0.25, 0.3) is 11.8 Å². The van der Waals surface area contributed by atoms with E-state index in [4.69, 9.17) is 44.3 Å². The van der Waals surface area contributed by atoms with Gasteiger partial charge in [0.05, 0.1) is 23.0 Å². The smallest absolute Gasteiger partial charge is 0.343 e. The van der Waals surface area contributed by atoms with E-state index >= 15 is 0 Å². The molecule has 4 aromatic rings. The van der Waals surface area contributed by atoms with Crippen LogP contribution in [0.5, 0.6) is 11.5 Å². The molecule has 0 unspecified atom stereocenters. The molecular formula is C32H23Cl3N2O5. The van der Waals surface area contributed by atoms with Crippen LogP contribution in [0.15, 0.2) is 96.6 Å². The molecule has 1 saturated heterocycles. The number of hydrogen-bond acceptors (Lipinski definition) is 5. The highest BCUT2D eigenvalue weighted by atomic mass is 35.5. The van der Waals surface area contributed by atoms with Gasteiger partial charge in [-0.05, 0) is 67.1 Å². The number of rotatable bonds is 8. The Bertz CT molecular complexity index is 1630. The molecule has 4 aromatic carbocycles. The number of carbonyl (C=O) groups is 3. The first kappa shape index (κ1) is 29.2. The van der Waals surface area contributed by atoms with Crippen LogP contribution in [0.3, 0.4) is 0 Å². The highest BCUT2D eigenvalue weighted by Crippen LogP contribution is 2.39. The monoisotopic (exact) mass is 620 g/mol. The highest BCUT2D eigenvalue weighted by molar-refractivity contribution is 6.46. The molecule has 42 heavy (non-hydrogen) atoms. The van der Waals surface area contributed by atoms with Crippen molar-refractivity contribution < 1.29 is 23.9 Å². The molecule has 10 heteroatoms. The summed E-state index contributed by atoms with van der Waals surface area (Å²) in [4.78, 5) is 42.8. The number of barbiturate groups is 1. The molecule has 7 nitrogen and oxygen atoms in total. The second-order valence-corrected chi connectivity index (χ2v) is 10.3. The fraction of sp³-hybridized carbons (Fsp3) is 0.0938. The van der Waals surface area contributed by atoms with Crippen molar-refractivity contribution in [1.82, 2.24) is 0 Å². The minimum atomic E-state index is -0.780. The molecule has 1 aliphatic heterocycles. The van der Waals surface area contributed by atoms with Gasteiger partial charge in [-0.15, -0.1) is 0 Å². The maximum Gasteiger partial charge on any atom is 0.343 e. The van der Waals surface area contributed by atoms with Crippen LogP contribution in [-0.4, -0.2) is 24.5 Å². The Kier molecular flexibility index (Phi) is 8.83. The van der Waals surface area contributed by atoms with Crippen molar-refractivity contribution in [3.05, 3.63) is 123 Å². The Labute approximate surface area is 257 Å². The van der Waals surface area contributed by atoms with E-state index in [1.807, 2.05) is 0 Å². The van der Waals surface area contributed by atoms with Gasteiger partial charge < -0.3 is 9.47 Å². The Morgan fingerprint density at radius 1 is 0.714 bits per heavy atom. The van der Waals surface area contributed by atoms with Crippen LogP contribution < -0.4 is 19.3 Å². The van der Waals surface area contributed by atoms with Gasteiger partial charge in [-0.3, -0.25) is 9.59 Å². The van der Waals surface area contributed by atoms with E-state index in [0.29, 0.717) is 44.9 Å². The van der Waals surface area contributed by atoms with Gasteiger partial charge in [0, 0.05) is 15.6 Å². The van der Waals surface area contributed by atoms with E-state index in [0.717, 1.165) is 9.80 Å². The lowest BCUT2D eigenvalue weighted by Crippen LogP contribution is -2.57. The van der Waals surface area contributed by atoms with Crippen molar-refractivity contribution in [2.75, 3.05) is 16.4 Å². The molecular weight excluding hydrogens is 599 g/mol. The molecule has 1 aliphatic rings. The van der Waals surface area contributed by atoms with Crippen LogP contribution >= 0.6 is 34.8 Å². The molecule has 0 aromatic heterocycles. The van der Waals surface area contributed by atoms with Crippen molar-refractivity contribution in [1.29, 1.82) is 0 Å². The maximum absolute atomic E-state index is 13.7. The standard InChI is InChI=1S/C32H23Cl3N2O5/c1-2-41-28-17-20(16-27(35)29(28)42-19-21-13-14-22(33)18-26(21)34)15-25-30(38)36(23-9-5-3-6-10-23)32(40)37(31(25)39)24-11-7-4-8-12-24/h3-18H,2,19H2,1H3. The fourth-order valence-electron chi connectivity index (χ4n) is 4.37. The van der Waals surface area contributed by atoms with E-state index in [1.165, 1.54) is 6.08 Å². The minimum absolute atomic E-state index is 0.0907. The minimum Gasteiger partial charge on any atom is -0.490 e. The number of anilines is 2. The van der Waals surface area contributed by atoms with E-state index in [1.54, 1.807) is 97.9 Å². The number of amides is 4. The molecule has 212 valence electrons. The van der Waals surface area contributed by atoms with Gasteiger partial charge in [0.1, 0.15) is 12.2 Å². The number of para-hydroxylation sites is 2. The first-order chi connectivity index (χ1) is 20.3. The van der Waals surface area contributed by atoms with Crippen LogP contribution in [-0.2, 0) is 16.2 Å². The molecule has 0 bridgehead atoms. The molecule has 0 aliphatic carbocycles. The summed E-state index contributed by atoms with van der Waals surface area (Å²) in [6.07, 6.45) is 1.39. The predicted octanol–water partition coefficient (Wildman–Crippen LogP) is 8.21.